The number of hydrogen-bond acceptors (Lipinski definition) is 2. The maximum Gasteiger partial charge on any atom is 0.120 e. The summed E-state index contributed by atoms with van der Waals surface area (Å²) < 4.78 is 5.93. The van der Waals surface area contributed by atoms with E-state index in [-0.39, 0.29) is 0 Å². The molecule has 0 bridgehead atoms. The molecule has 1 aromatic rings. The van der Waals surface area contributed by atoms with Gasteiger partial charge in [0.25, 0.3) is 0 Å². The maximum absolute atomic E-state index is 5.93. The molecular weight excluding hydrogens is 258 g/mol. The van der Waals surface area contributed by atoms with Crippen molar-refractivity contribution in [1.82, 2.24) is 0 Å². The maximum atomic E-state index is 5.93. The second-order valence-corrected chi connectivity index (χ2v) is 6.20. The van der Waals surface area contributed by atoms with Crippen LogP contribution < -0.4 is 4.74 Å². The fraction of sp³-hybridized carbons (Fsp3) is 0.421. The van der Waals surface area contributed by atoms with Crippen molar-refractivity contribution in [2.24, 2.45) is 10.9 Å². The smallest absolute Gasteiger partial charge is 0.120 e. The predicted molar refractivity (Wildman–Crippen MR) is 91.0 cm³/mol. The quantitative estimate of drug-likeness (QED) is 0.654. The fourth-order valence-electron chi connectivity index (χ4n) is 1.94. The minimum absolute atomic E-state index is 0.752. The van der Waals surface area contributed by atoms with E-state index in [4.69, 9.17) is 4.74 Å². The van der Waals surface area contributed by atoms with E-state index >= 15 is 0 Å². The van der Waals surface area contributed by atoms with Crippen LogP contribution in [0, 0.1) is 5.92 Å². The van der Waals surface area contributed by atoms with Crippen LogP contribution in [-0.2, 0) is 0 Å². The topological polar surface area (TPSA) is 21.6 Å². The summed E-state index contributed by atoms with van der Waals surface area (Å²) in [6.45, 7) is 13.0. The van der Waals surface area contributed by atoms with Crippen LogP contribution in [-0.4, -0.2) is 12.3 Å². The molecule has 0 saturated heterocycles. The Morgan fingerprint density at radius 3 is 2.43 bits per heavy atom. The summed E-state index contributed by atoms with van der Waals surface area (Å²) >= 11 is 0. The lowest BCUT2D eigenvalue weighted by atomic mass is 10.0. The second kappa shape index (κ2) is 6.75. The summed E-state index contributed by atoms with van der Waals surface area (Å²) in [5.41, 5.74) is 5.44. The van der Waals surface area contributed by atoms with Crippen LogP contribution in [0.4, 0.5) is 0 Å². The first-order valence-corrected chi connectivity index (χ1v) is 7.57. The predicted octanol–water partition coefficient (Wildman–Crippen LogP) is 5.24. The molecule has 1 fully saturated rings. The monoisotopic (exact) mass is 283 g/mol. The number of aliphatic imine (C=N–C) groups is 1. The molecule has 0 radical (unpaired) electrons. The number of rotatable bonds is 6. The summed E-state index contributed by atoms with van der Waals surface area (Å²) in [5, 5.41) is 0. The molecule has 0 N–H and O–H groups in total. The largest absolute Gasteiger partial charge is 0.493 e. The molecule has 1 saturated carbocycles. The Bertz CT molecular complexity index is 588. The van der Waals surface area contributed by atoms with Crippen LogP contribution in [0.5, 0.6) is 5.75 Å². The van der Waals surface area contributed by atoms with Gasteiger partial charge in [-0.2, -0.15) is 0 Å². The second-order valence-electron chi connectivity index (χ2n) is 6.20. The summed E-state index contributed by atoms with van der Waals surface area (Å²) in [7, 11) is 0. The van der Waals surface area contributed by atoms with Gasteiger partial charge in [0.15, 0.2) is 0 Å². The molecule has 1 aromatic carbocycles. The summed E-state index contributed by atoms with van der Waals surface area (Å²) in [6, 6.07) is 6.28. The van der Waals surface area contributed by atoms with Gasteiger partial charge in [-0.25, -0.2) is 0 Å². The molecular formula is C19H25NO. The van der Waals surface area contributed by atoms with Gasteiger partial charge in [-0.3, -0.25) is 4.99 Å². The van der Waals surface area contributed by atoms with E-state index in [1.165, 1.54) is 18.4 Å². The molecule has 0 unspecified atom stereocenters. The highest BCUT2D eigenvalue weighted by Gasteiger charge is 2.22. The molecule has 1 aliphatic rings. The van der Waals surface area contributed by atoms with E-state index in [2.05, 4.69) is 29.8 Å². The number of hydrogen-bond donors (Lipinski definition) is 0. The van der Waals surface area contributed by atoms with E-state index in [0.717, 1.165) is 40.7 Å². The molecule has 2 nitrogen and oxygen atoms in total. The van der Waals surface area contributed by atoms with Crippen molar-refractivity contribution in [3.05, 3.63) is 47.7 Å². The first-order valence-electron chi connectivity index (χ1n) is 7.57. The Morgan fingerprint density at radius 2 is 1.86 bits per heavy atom. The van der Waals surface area contributed by atoms with E-state index < -0.39 is 0 Å². The average molecular weight is 283 g/mol. The lowest BCUT2D eigenvalue weighted by Crippen LogP contribution is -2.02. The van der Waals surface area contributed by atoms with Gasteiger partial charge in [-0.15, -0.1) is 0 Å². The zero-order valence-electron chi connectivity index (χ0n) is 13.6. The van der Waals surface area contributed by atoms with Gasteiger partial charge in [0.2, 0.25) is 0 Å². The highest BCUT2D eigenvalue weighted by atomic mass is 16.5. The molecule has 0 spiro atoms. The fourth-order valence-corrected chi connectivity index (χ4v) is 1.94. The van der Waals surface area contributed by atoms with Crippen molar-refractivity contribution in [1.29, 1.82) is 0 Å². The third-order valence-corrected chi connectivity index (χ3v) is 3.52. The van der Waals surface area contributed by atoms with Gasteiger partial charge in [0.1, 0.15) is 5.75 Å². The number of benzene rings is 1. The van der Waals surface area contributed by atoms with Crippen LogP contribution in [0.3, 0.4) is 0 Å². The van der Waals surface area contributed by atoms with E-state index in [1.54, 1.807) is 0 Å². The molecule has 0 amide bonds. The molecule has 21 heavy (non-hydrogen) atoms. The molecule has 2 heteroatoms. The van der Waals surface area contributed by atoms with Crippen molar-refractivity contribution in [2.75, 3.05) is 6.61 Å². The van der Waals surface area contributed by atoms with Crippen molar-refractivity contribution in [3.63, 3.8) is 0 Å². The SMILES string of the molecule is C=C(C)c1cc(OCC2CC2)cc(C(C)=NC=C(C)C)c1. The molecule has 0 aliphatic heterocycles. The normalized spacial score (nSPS) is 14.8. The van der Waals surface area contributed by atoms with Crippen molar-refractivity contribution in [3.8, 4) is 5.75 Å². The highest BCUT2D eigenvalue weighted by Crippen LogP contribution is 2.30. The minimum Gasteiger partial charge on any atom is -0.493 e. The lowest BCUT2D eigenvalue weighted by molar-refractivity contribution is 0.299. The first-order chi connectivity index (χ1) is 9.95. The van der Waals surface area contributed by atoms with E-state index in [1.807, 2.05) is 33.9 Å². The van der Waals surface area contributed by atoms with Crippen LogP contribution in [0.25, 0.3) is 5.57 Å². The Hall–Kier alpha value is -1.83. The standard InChI is InChI=1S/C19H25NO/c1-13(2)11-20-15(5)18-8-17(14(3)4)9-19(10-18)21-12-16-6-7-16/h8-11,16H,3,6-7,12H2,1-2,4-5H3. The average Bonchev–Trinajstić information content (AvgIpc) is 3.26. The van der Waals surface area contributed by atoms with Crippen LogP contribution >= 0.6 is 0 Å². The van der Waals surface area contributed by atoms with Crippen molar-refractivity contribution in [2.45, 2.75) is 40.5 Å². The first kappa shape index (κ1) is 15.6. The summed E-state index contributed by atoms with van der Waals surface area (Å²) in [6.07, 6.45) is 4.50. The van der Waals surface area contributed by atoms with Crippen LogP contribution in [0.2, 0.25) is 0 Å². The van der Waals surface area contributed by atoms with Crippen LogP contribution in [0.1, 0.15) is 51.7 Å². The van der Waals surface area contributed by atoms with Crippen LogP contribution in [0.15, 0.2) is 41.5 Å². The molecule has 2 rings (SSSR count). The van der Waals surface area contributed by atoms with Gasteiger partial charge >= 0.3 is 0 Å². The zero-order chi connectivity index (χ0) is 15.4. The molecule has 112 valence electrons. The van der Waals surface area contributed by atoms with Gasteiger partial charge in [-0.05, 0) is 75.8 Å². The molecule has 1 aliphatic carbocycles. The Labute approximate surface area is 128 Å². The highest BCUT2D eigenvalue weighted by molar-refractivity contribution is 6.00. The zero-order valence-corrected chi connectivity index (χ0v) is 13.6. The van der Waals surface area contributed by atoms with Crippen molar-refractivity contribution >= 4 is 11.3 Å². The summed E-state index contributed by atoms with van der Waals surface area (Å²) in [4.78, 5) is 4.51. The molecule has 0 heterocycles. The van der Waals surface area contributed by atoms with Gasteiger partial charge < -0.3 is 4.74 Å². The lowest BCUT2D eigenvalue weighted by Gasteiger charge is -2.11. The Morgan fingerprint density at radius 1 is 1.19 bits per heavy atom. The number of nitrogens with zero attached hydrogens (tertiary/aromatic N) is 1. The Balaban J connectivity index is 2.27. The number of allylic oxidation sites excluding steroid dienone is 2. The summed E-state index contributed by atoms with van der Waals surface area (Å²) in [5.74, 6) is 1.67. The third kappa shape index (κ3) is 4.89. The van der Waals surface area contributed by atoms with E-state index in [9.17, 15) is 0 Å². The van der Waals surface area contributed by atoms with Crippen molar-refractivity contribution < 1.29 is 4.74 Å². The third-order valence-electron chi connectivity index (χ3n) is 3.52. The minimum atomic E-state index is 0.752. The van der Waals surface area contributed by atoms with Gasteiger partial charge in [0.05, 0.1) is 6.61 Å². The van der Waals surface area contributed by atoms with Gasteiger partial charge in [0, 0.05) is 11.9 Å². The molecule has 0 atom stereocenters. The van der Waals surface area contributed by atoms with E-state index in [0.29, 0.717) is 0 Å². The number of ether oxygens (including phenoxy) is 1. The van der Waals surface area contributed by atoms with Gasteiger partial charge in [-0.1, -0.05) is 17.7 Å². The molecule has 0 aromatic heterocycles. The Kier molecular flexibility index (Phi) is 5.00.